The Balaban J connectivity index is 1.56. The van der Waals surface area contributed by atoms with Crippen molar-refractivity contribution in [3.8, 4) is 0 Å². The minimum atomic E-state index is -1.13. The number of rotatable bonds is 3. The van der Waals surface area contributed by atoms with Crippen LogP contribution in [0.4, 0.5) is 0 Å². The second kappa shape index (κ2) is 6.96. The minimum absolute atomic E-state index is 0.00655. The Bertz CT molecular complexity index is 632. The number of ether oxygens (including phenoxy) is 1. The monoisotopic (exact) mass is 333 g/mol. The number of carboxylic acids is 1. The van der Waals surface area contributed by atoms with E-state index in [9.17, 15) is 14.4 Å². The van der Waals surface area contributed by atoms with Crippen LogP contribution in [0.15, 0.2) is 18.3 Å². The van der Waals surface area contributed by atoms with Gasteiger partial charge in [0.15, 0.2) is 0 Å². The maximum absolute atomic E-state index is 12.4. The van der Waals surface area contributed by atoms with E-state index in [-0.39, 0.29) is 23.6 Å². The summed E-state index contributed by atoms with van der Waals surface area (Å²) in [4.78, 5) is 42.6. The Morgan fingerprint density at radius 1 is 1.12 bits per heavy atom. The molecule has 1 N–H and O–H groups in total. The molecular weight excluding hydrogens is 314 g/mol. The highest BCUT2D eigenvalue weighted by Gasteiger charge is 2.31. The molecule has 24 heavy (non-hydrogen) atoms. The number of hydrogen-bond donors (Lipinski definition) is 1. The number of aromatic nitrogens is 1. The van der Waals surface area contributed by atoms with Crippen LogP contribution in [-0.2, 0) is 9.53 Å². The first-order chi connectivity index (χ1) is 11.6. The van der Waals surface area contributed by atoms with Crippen LogP contribution < -0.4 is 0 Å². The number of carbonyl (C=O) groups excluding carboxylic acids is 2. The third kappa shape index (κ3) is 3.38. The lowest BCUT2D eigenvalue weighted by atomic mass is 10.1. The number of pyridine rings is 1. The number of aromatic carboxylic acids is 1. The fourth-order valence-corrected chi connectivity index (χ4v) is 2.94. The summed E-state index contributed by atoms with van der Waals surface area (Å²) in [5, 5.41) is 8.83. The van der Waals surface area contributed by atoms with Crippen molar-refractivity contribution in [2.75, 3.05) is 32.8 Å². The zero-order valence-electron chi connectivity index (χ0n) is 13.2. The van der Waals surface area contributed by atoms with Crippen molar-refractivity contribution in [1.29, 1.82) is 0 Å². The number of hydrogen-bond acceptors (Lipinski definition) is 5. The van der Waals surface area contributed by atoms with Gasteiger partial charge in [0.05, 0.1) is 5.56 Å². The third-order valence-corrected chi connectivity index (χ3v) is 4.31. The molecule has 0 aromatic carbocycles. The lowest BCUT2D eigenvalue weighted by molar-refractivity contribution is -0.142. The summed E-state index contributed by atoms with van der Waals surface area (Å²) < 4.78 is 5.41. The highest BCUT2D eigenvalue weighted by Crippen LogP contribution is 2.16. The molecule has 1 aromatic heterocycles. The van der Waals surface area contributed by atoms with Crippen molar-refractivity contribution in [3.05, 3.63) is 29.6 Å². The minimum Gasteiger partial charge on any atom is -0.477 e. The summed E-state index contributed by atoms with van der Waals surface area (Å²) in [6.45, 7) is 2.47. The molecule has 0 aliphatic carbocycles. The van der Waals surface area contributed by atoms with Crippen molar-refractivity contribution in [2.24, 2.45) is 0 Å². The SMILES string of the molecule is O=C(O)c1ccc(C(=O)N2CCN(C(=O)C3CCCO3)CC2)cn1. The molecule has 2 aliphatic heterocycles. The molecule has 1 atom stereocenters. The van der Waals surface area contributed by atoms with Gasteiger partial charge in [-0.15, -0.1) is 0 Å². The second-order valence-electron chi connectivity index (χ2n) is 5.86. The predicted molar refractivity (Wildman–Crippen MR) is 82.7 cm³/mol. The average Bonchev–Trinajstić information content (AvgIpc) is 3.15. The zero-order valence-corrected chi connectivity index (χ0v) is 13.2. The summed E-state index contributed by atoms with van der Waals surface area (Å²) in [6, 6.07) is 2.77. The average molecular weight is 333 g/mol. The molecule has 2 aliphatic rings. The predicted octanol–water partition coefficient (Wildman–Crippen LogP) is 0.243. The van der Waals surface area contributed by atoms with E-state index in [0.717, 1.165) is 12.8 Å². The molecular formula is C16H19N3O5. The summed E-state index contributed by atoms with van der Waals surface area (Å²) in [5.74, 6) is -1.33. The Morgan fingerprint density at radius 3 is 2.38 bits per heavy atom. The van der Waals surface area contributed by atoms with Crippen LogP contribution in [0.1, 0.15) is 33.7 Å². The van der Waals surface area contributed by atoms with Crippen LogP contribution in [0.3, 0.4) is 0 Å². The van der Waals surface area contributed by atoms with E-state index in [1.165, 1.54) is 18.3 Å². The number of nitrogens with zero attached hydrogens (tertiary/aromatic N) is 3. The van der Waals surface area contributed by atoms with E-state index in [1.54, 1.807) is 9.80 Å². The zero-order chi connectivity index (χ0) is 17.1. The van der Waals surface area contributed by atoms with Crippen molar-refractivity contribution >= 4 is 17.8 Å². The number of carboxylic acid groups (broad SMARTS) is 1. The van der Waals surface area contributed by atoms with Crippen LogP contribution in [0.5, 0.6) is 0 Å². The van der Waals surface area contributed by atoms with Gasteiger partial charge in [-0.2, -0.15) is 0 Å². The fourth-order valence-electron chi connectivity index (χ4n) is 2.94. The van der Waals surface area contributed by atoms with Crippen LogP contribution in [0, 0.1) is 0 Å². The molecule has 1 unspecified atom stereocenters. The van der Waals surface area contributed by atoms with E-state index in [4.69, 9.17) is 9.84 Å². The molecule has 0 radical (unpaired) electrons. The highest BCUT2D eigenvalue weighted by molar-refractivity contribution is 5.95. The molecule has 8 heteroatoms. The third-order valence-electron chi connectivity index (χ3n) is 4.31. The largest absolute Gasteiger partial charge is 0.477 e. The maximum atomic E-state index is 12.4. The van der Waals surface area contributed by atoms with Crippen LogP contribution in [-0.4, -0.2) is 76.6 Å². The summed E-state index contributed by atoms with van der Waals surface area (Å²) in [5.41, 5.74) is 0.248. The molecule has 3 rings (SSSR count). The Kier molecular flexibility index (Phi) is 4.75. The molecule has 2 fully saturated rings. The van der Waals surface area contributed by atoms with E-state index in [0.29, 0.717) is 38.3 Å². The Morgan fingerprint density at radius 2 is 1.83 bits per heavy atom. The molecule has 0 spiro atoms. The van der Waals surface area contributed by atoms with Crippen molar-refractivity contribution in [2.45, 2.75) is 18.9 Å². The van der Waals surface area contributed by atoms with Gasteiger partial charge in [-0.3, -0.25) is 9.59 Å². The van der Waals surface area contributed by atoms with Crippen molar-refractivity contribution in [1.82, 2.24) is 14.8 Å². The maximum Gasteiger partial charge on any atom is 0.354 e. The molecule has 1 aromatic rings. The normalized spacial score (nSPS) is 20.9. The van der Waals surface area contributed by atoms with E-state index in [1.807, 2.05) is 0 Å². The first kappa shape index (κ1) is 16.4. The first-order valence-electron chi connectivity index (χ1n) is 7.95. The van der Waals surface area contributed by atoms with Crippen molar-refractivity contribution in [3.63, 3.8) is 0 Å². The topological polar surface area (TPSA) is 100 Å². The smallest absolute Gasteiger partial charge is 0.354 e. The standard InChI is InChI=1S/C16H19N3O5/c20-14(11-3-4-12(16(22)23)17-10-11)18-5-7-19(8-6-18)15(21)13-2-1-9-24-13/h3-4,10,13H,1-2,5-9H2,(H,22,23). The molecule has 8 nitrogen and oxygen atoms in total. The first-order valence-corrected chi connectivity index (χ1v) is 7.95. The van der Waals surface area contributed by atoms with Gasteiger partial charge in [-0.25, -0.2) is 9.78 Å². The molecule has 2 saturated heterocycles. The van der Waals surface area contributed by atoms with Gasteiger partial charge in [-0.1, -0.05) is 0 Å². The lowest BCUT2D eigenvalue weighted by Gasteiger charge is -2.35. The molecule has 0 bridgehead atoms. The van der Waals surface area contributed by atoms with E-state index >= 15 is 0 Å². The lowest BCUT2D eigenvalue weighted by Crippen LogP contribution is -2.52. The quantitative estimate of drug-likeness (QED) is 0.851. The number of amides is 2. The summed E-state index contributed by atoms with van der Waals surface area (Å²) >= 11 is 0. The van der Waals surface area contributed by atoms with Gasteiger partial charge in [0.25, 0.3) is 11.8 Å². The van der Waals surface area contributed by atoms with Gasteiger partial charge in [0.1, 0.15) is 11.8 Å². The van der Waals surface area contributed by atoms with Crippen LogP contribution >= 0.6 is 0 Å². The number of piperazine rings is 1. The van der Waals surface area contributed by atoms with Gasteiger partial charge < -0.3 is 19.6 Å². The number of carbonyl (C=O) groups is 3. The Hall–Kier alpha value is -2.48. The fraction of sp³-hybridized carbons (Fsp3) is 0.500. The van der Waals surface area contributed by atoms with Gasteiger partial charge >= 0.3 is 5.97 Å². The summed E-state index contributed by atoms with van der Waals surface area (Å²) in [7, 11) is 0. The van der Waals surface area contributed by atoms with Gasteiger partial charge in [-0.05, 0) is 25.0 Å². The highest BCUT2D eigenvalue weighted by atomic mass is 16.5. The summed E-state index contributed by atoms with van der Waals surface area (Å²) in [6.07, 6.45) is 2.61. The van der Waals surface area contributed by atoms with Gasteiger partial charge in [0, 0.05) is 39.0 Å². The molecule has 3 heterocycles. The van der Waals surface area contributed by atoms with Crippen LogP contribution in [0.25, 0.3) is 0 Å². The van der Waals surface area contributed by atoms with E-state index in [2.05, 4.69) is 4.98 Å². The molecule has 0 saturated carbocycles. The van der Waals surface area contributed by atoms with Crippen LogP contribution in [0.2, 0.25) is 0 Å². The van der Waals surface area contributed by atoms with Gasteiger partial charge in [0.2, 0.25) is 0 Å². The van der Waals surface area contributed by atoms with Crippen molar-refractivity contribution < 1.29 is 24.2 Å². The molecule has 128 valence electrons. The Labute approximate surface area is 139 Å². The van der Waals surface area contributed by atoms with E-state index < -0.39 is 5.97 Å². The second-order valence-corrected chi connectivity index (χ2v) is 5.86. The molecule has 2 amide bonds.